The molecule has 0 N–H and O–H groups in total. The van der Waals surface area contributed by atoms with Crippen LogP contribution < -0.4 is 0 Å². The van der Waals surface area contributed by atoms with E-state index in [1.54, 1.807) is 6.29 Å². The van der Waals surface area contributed by atoms with Gasteiger partial charge in [-0.3, -0.25) is 4.79 Å². The van der Waals surface area contributed by atoms with E-state index in [9.17, 15) is 4.79 Å². The van der Waals surface area contributed by atoms with Gasteiger partial charge in [0.15, 0.2) is 0 Å². The van der Waals surface area contributed by atoms with Crippen LogP contribution in [-0.4, -0.2) is 16.3 Å². The van der Waals surface area contributed by atoms with Gasteiger partial charge in [0.1, 0.15) is 0 Å². The number of hydrogen-bond acceptors (Lipinski definition) is 3. The summed E-state index contributed by atoms with van der Waals surface area (Å²) in [6, 6.07) is 0. The van der Waals surface area contributed by atoms with E-state index in [1.807, 2.05) is 0 Å². The molecule has 0 saturated heterocycles. The van der Waals surface area contributed by atoms with Gasteiger partial charge >= 0.3 is 0 Å². The summed E-state index contributed by atoms with van der Waals surface area (Å²) in [4.78, 5) is 17.1. The van der Waals surface area contributed by atoms with E-state index in [0.29, 0.717) is 0 Å². The first-order chi connectivity index (χ1) is 4.33. The van der Waals surface area contributed by atoms with Crippen molar-refractivity contribution in [2.45, 2.75) is 0 Å². The van der Waals surface area contributed by atoms with Gasteiger partial charge < -0.3 is 0 Å². The van der Waals surface area contributed by atoms with Crippen LogP contribution in [0.5, 0.6) is 0 Å². The molecule has 1 heterocycles. The highest BCUT2D eigenvalue weighted by Crippen LogP contribution is 2.02. The minimum absolute atomic E-state index is 0.0817. The molecule has 9 heavy (non-hydrogen) atoms. The molecule has 0 bridgehead atoms. The van der Waals surface area contributed by atoms with Gasteiger partial charge in [0.05, 0.1) is 4.47 Å². The molecule has 1 radical (unpaired) electrons. The van der Waals surface area contributed by atoms with Crippen LogP contribution in [0.3, 0.4) is 0 Å². The van der Waals surface area contributed by atoms with E-state index in [2.05, 4.69) is 25.9 Å². The number of rotatable bonds is 1. The van der Waals surface area contributed by atoms with Gasteiger partial charge in [-0.05, 0) is 15.9 Å². The van der Waals surface area contributed by atoms with E-state index >= 15 is 0 Å². The molecule has 0 spiro atoms. The molecule has 0 aliphatic rings. The Morgan fingerprint density at radius 3 is 2.44 bits per heavy atom. The second-order valence-corrected chi connectivity index (χ2v) is 2.24. The lowest BCUT2D eigenvalue weighted by Crippen LogP contribution is -1.89. The lowest BCUT2D eigenvalue weighted by molar-refractivity contribution is 0.560. The van der Waals surface area contributed by atoms with Gasteiger partial charge in [0, 0.05) is 12.4 Å². The number of halogens is 1. The summed E-state index contributed by atoms with van der Waals surface area (Å²) < 4.78 is 0.751. The fourth-order valence-electron chi connectivity index (χ4n) is 0.365. The Labute approximate surface area is 60.3 Å². The van der Waals surface area contributed by atoms with Crippen molar-refractivity contribution in [1.29, 1.82) is 0 Å². The molecular weight excluding hydrogens is 184 g/mol. The molecule has 45 valence electrons. The van der Waals surface area contributed by atoms with Gasteiger partial charge in [-0.1, -0.05) is 0 Å². The molecule has 1 rings (SSSR count). The monoisotopic (exact) mass is 185 g/mol. The zero-order valence-corrected chi connectivity index (χ0v) is 5.92. The SMILES string of the molecule is O=[C]c1ncc(Br)cn1. The maximum Gasteiger partial charge on any atom is 0.274 e. The van der Waals surface area contributed by atoms with Crippen molar-refractivity contribution < 1.29 is 4.79 Å². The van der Waals surface area contributed by atoms with E-state index in [4.69, 9.17) is 0 Å². The Morgan fingerprint density at radius 2 is 2.00 bits per heavy atom. The fraction of sp³-hybridized carbons (Fsp3) is 0. The molecule has 0 saturated carbocycles. The predicted molar refractivity (Wildman–Crippen MR) is 34.5 cm³/mol. The number of hydrogen-bond donors (Lipinski definition) is 0. The van der Waals surface area contributed by atoms with E-state index in [-0.39, 0.29) is 5.82 Å². The summed E-state index contributed by atoms with van der Waals surface area (Å²) in [6.07, 6.45) is 4.55. The fourth-order valence-corrected chi connectivity index (χ4v) is 0.570. The number of carbonyl (C=O) groups excluding carboxylic acids is 1. The highest BCUT2D eigenvalue weighted by molar-refractivity contribution is 9.10. The first-order valence-corrected chi connectivity index (χ1v) is 2.98. The highest BCUT2D eigenvalue weighted by Gasteiger charge is 1.91. The zero-order chi connectivity index (χ0) is 6.69. The first-order valence-electron chi connectivity index (χ1n) is 2.18. The van der Waals surface area contributed by atoms with Crippen molar-refractivity contribution in [2.75, 3.05) is 0 Å². The smallest absolute Gasteiger partial charge is 0.274 e. The minimum Gasteiger partial charge on any atom is -0.281 e. The minimum atomic E-state index is 0.0817. The number of aromatic nitrogens is 2. The Kier molecular flexibility index (Phi) is 1.89. The summed E-state index contributed by atoms with van der Waals surface area (Å²) in [5, 5.41) is 0. The van der Waals surface area contributed by atoms with Crippen LogP contribution in [0.15, 0.2) is 16.9 Å². The van der Waals surface area contributed by atoms with Crippen LogP contribution in [0.4, 0.5) is 0 Å². The average Bonchev–Trinajstić information content (AvgIpc) is 1.90. The highest BCUT2D eigenvalue weighted by atomic mass is 79.9. The van der Waals surface area contributed by atoms with Gasteiger partial charge in [0.2, 0.25) is 5.82 Å². The Bertz CT molecular complexity index is 209. The van der Waals surface area contributed by atoms with Crippen LogP contribution in [0.1, 0.15) is 5.82 Å². The maximum absolute atomic E-state index is 9.85. The van der Waals surface area contributed by atoms with Gasteiger partial charge in [-0.15, -0.1) is 0 Å². The Hall–Kier alpha value is -0.770. The molecule has 1 aromatic rings. The van der Waals surface area contributed by atoms with Crippen molar-refractivity contribution in [2.24, 2.45) is 0 Å². The molecule has 0 fully saturated rings. The summed E-state index contributed by atoms with van der Waals surface area (Å²) in [7, 11) is 0. The maximum atomic E-state index is 9.85. The standard InChI is InChI=1S/C5H2BrN2O/c6-4-1-7-5(3-9)8-2-4/h1-2H. The van der Waals surface area contributed by atoms with Gasteiger partial charge in [-0.25, -0.2) is 9.97 Å². The molecule has 0 unspecified atom stereocenters. The van der Waals surface area contributed by atoms with Crippen LogP contribution in [0.25, 0.3) is 0 Å². The van der Waals surface area contributed by atoms with Crippen molar-refractivity contribution in [1.82, 2.24) is 9.97 Å². The van der Waals surface area contributed by atoms with Gasteiger partial charge in [-0.2, -0.15) is 0 Å². The molecule has 0 aromatic carbocycles. The Balaban J connectivity index is 3.01. The molecule has 1 aromatic heterocycles. The molecule has 0 aliphatic carbocycles. The summed E-state index contributed by atoms with van der Waals surface area (Å²) >= 11 is 3.12. The van der Waals surface area contributed by atoms with Crippen molar-refractivity contribution in [3.63, 3.8) is 0 Å². The van der Waals surface area contributed by atoms with Crippen LogP contribution in [0, 0.1) is 0 Å². The molecule has 3 nitrogen and oxygen atoms in total. The molecule has 0 atom stereocenters. The van der Waals surface area contributed by atoms with Crippen molar-refractivity contribution in [3.05, 3.63) is 22.7 Å². The largest absolute Gasteiger partial charge is 0.281 e. The third-order valence-electron chi connectivity index (χ3n) is 0.712. The molecule has 0 aliphatic heterocycles. The van der Waals surface area contributed by atoms with Crippen LogP contribution >= 0.6 is 15.9 Å². The average molecular weight is 186 g/mol. The van der Waals surface area contributed by atoms with E-state index in [0.717, 1.165) is 4.47 Å². The molecular formula is C5H2BrN2O. The third-order valence-corrected chi connectivity index (χ3v) is 1.12. The first kappa shape index (κ1) is 6.35. The van der Waals surface area contributed by atoms with Crippen molar-refractivity contribution >= 4 is 22.2 Å². The zero-order valence-electron chi connectivity index (χ0n) is 4.34. The van der Waals surface area contributed by atoms with Crippen LogP contribution in [0.2, 0.25) is 0 Å². The van der Waals surface area contributed by atoms with E-state index < -0.39 is 0 Å². The van der Waals surface area contributed by atoms with Crippen LogP contribution in [-0.2, 0) is 4.79 Å². The lowest BCUT2D eigenvalue weighted by atomic mass is 10.6. The molecule has 0 amide bonds. The molecule has 4 heteroatoms. The van der Waals surface area contributed by atoms with Crippen molar-refractivity contribution in [3.8, 4) is 0 Å². The second-order valence-electron chi connectivity index (χ2n) is 1.33. The lowest BCUT2D eigenvalue weighted by Gasteiger charge is -1.85. The second kappa shape index (κ2) is 2.68. The summed E-state index contributed by atoms with van der Waals surface area (Å²) in [6.45, 7) is 0. The number of nitrogens with zero attached hydrogens (tertiary/aromatic N) is 2. The Morgan fingerprint density at radius 1 is 1.44 bits per heavy atom. The topological polar surface area (TPSA) is 42.9 Å². The quantitative estimate of drug-likeness (QED) is 0.648. The summed E-state index contributed by atoms with van der Waals surface area (Å²) in [5.41, 5.74) is 0. The summed E-state index contributed by atoms with van der Waals surface area (Å²) in [5.74, 6) is 0.0817. The predicted octanol–water partition coefficient (Wildman–Crippen LogP) is 0.697. The van der Waals surface area contributed by atoms with Gasteiger partial charge in [0.25, 0.3) is 6.29 Å². The normalized spacial score (nSPS) is 9.00. The van der Waals surface area contributed by atoms with E-state index in [1.165, 1.54) is 12.4 Å². The third kappa shape index (κ3) is 1.57.